The fourth-order valence-corrected chi connectivity index (χ4v) is 5.06. The van der Waals surface area contributed by atoms with Crippen LogP contribution >= 0.6 is 11.3 Å². The van der Waals surface area contributed by atoms with E-state index in [-0.39, 0.29) is 23.9 Å². The van der Waals surface area contributed by atoms with Crippen molar-refractivity contribution in [1.29, 1.82) is 0 Å². The van der Waals surface area contributed by atoms with Gasteiger partial charge in [-0.3, -0.25) is 9.69 Å². The molecule has 0 unspecified atom stereocenters. The molecule has 2 aliphatic rings. The summed E-state index contributed by atoms with van der Waals surface area (Å²) in [6.45, 7) is 5.98. The van der Waals surface area contributed by atoms with Crippen LogP contribution in [0.1, 0.15) is 30.7 Å². The van der Waals surface area contributed by atoms with Crippen LogP contribution in [0.3, 0.4) is 0 Å². The first kappa shape index (κ1) is 19.3. The lowest BCUT2D eigenvalue weighted by Crippen LogP contribution is -2.52. The van der Waals surface area contributed by atoms with Crippen molar-refractivity contribution >= 4 is 22.9 Å². The molecule has 1 amide bonds. The zero-order valence-electron chi connectivity index (χ0n) is 16.6. The monoisotopic (exact) mass is 399 g/mol. The maximum atomic E-state index is 12.3. The highest BCUT2D eigenvalue weighted by molar-refractivity contribution is 7.10. The molecular weight excluding hydrogens is 370 g/mol. The summed E-state index contributed by atoms with van der Waals surface area (Å²) in [5, 5.41) is 5.41. The number of carbonyl (C=O) groups is 1. The average molecular weight is 400 g/mol. The predicted octanol–water partition coefficient (Wildman–Crippen LogP) is 3.53. The molecule has 2 heterocycles. The number of rotatable bonds is 7. The van der Waals surface area contributed by atoms with Crippen LogP contribution in [0.5, 0.6) is 5.75 Å². The first-order chi connectivity index (χ1) is 13.7. The van der Waals surface area contributed by atoms with Crippen LogP contribution in [0.4, 0.5) is 5.69 Å². The van der Waals surface area contributed by atoms with Crippen LogP contribution in [0.2, 0.25) is 0 Å². The number of hydrogen-bond acceptors (Lipinski definition) is 5. The number of carbonyl (C=O) groups excluding carboxylic acids is 1. The molecule has 150 valence electrons. The van der Waals surface area contributed by atoms with Crippen LogP contribution in [0.25, 0.3) is 0 Å². The molecule has 1 aliphatic carbocycles. The second-order valence-corrected chi connectivity index (χ2v) is 8.71. The molecular formula is C22H29N3O2S. The molecule has 6 heteroatoms. The lowest BCUT2D eigenvalue weighted by atomic mass is 10.0. The smallest absolute Gasteiger partial charge is 0.223 e. The van der Waals surface area contributed by atoms with Crippen LogP contribution < -0.4 is 15.0 Å². The van der Waals surface area contributed by atoms with E-state index in [0.29, 0.717) is 0 Å². The minimum Gasteiger partial charge on any atom is -0.495 e. The number of benzene rings is 1. The summed E-state index contributed by atoms with van der Waals surface area (Å²) in [6.07, 6.45) is 2.08. The molecule has 0 radical (unpaired) electrons. The van der Waals surface area contributed by atoms with Crippen LogP contribution in [0, 0.1) is 5.92 Å². The molecule has 2 aromatic rings. The molecule has 2 fully saturated rings. The van der Waals surface area contributed by atoms with Crippen molar-refractivity contribution < 1.29 is 9.53 Å². The number of nitrogens with zero attached hydrogens (tertiary/aromatic N) is 2. The summed E-state index contributed by atoms with van der Waals surface area (Å²) < 4.78 is 5.54. The number of nitrogens with one attached hydrogen (secondary N) is 1. The fourth-order valence-electron chi connectivity index (χ4n) is 4.10. The number of anilines is 1. The van der Waals surface area contributed by atoms with E-state index in [9.17, 15) is 4.79 Å². The maximum Gasteiger partial charge on any atom is 0.223 e. The van der Waals surface area contributed by atoms with Gasteiger partial charge in [-0.25, -0.2) is 0 Å². The molecule has 1 saturated carbocycles. The minimum absolute atomic E-state index is 0.101. The van der Waals surface area contributed by atoms with E-state index in [1.165, 1.54) is 4.88 Å². The summed E-state index contributed by atoms with van der Waals surface area (Å²) in [4.78, 5) is 18.6. The Hall–Kier alpha value is -2.05. The largest absolute Gasteiger partial charge is 0.495 e. The highest BCUT2D eigenvalue weighted by atomic mass is 32.1. The van der Waals surface area contributed by atoms with Gasteiger partial charge in [0.15, 0.2) is 0 Å². The topological polar surface area (TPSA) is 44.8 Å². The molecule has 4 rings (SSSR count). The van der Waals surface area contributed by atoms with Gasteiger partial charge in [-0.15, -0.1) is 11.3 Å². The van der Waals surface area contributed by atoms with Gasteiger partial charge >= 0.3 is 0 Å². The first-order valence-electron chi connectivity index (χ1n) is 10.1. The van der Waals surface area contributed by atoms with E-state index in [1.54, 1.807) is 18.4 Å². The van der Waals surface area contributed by atoms with Crippen molar-refractivity contribution in [3.05, 3.63) is 46.7 Å². The number of piperazine rings is 1. The Morgan fingerprint density at radius 3 is 2.54 bits per heavy atom. The van der Waals surface area contributed by atoms with Crippen molar-refractivity contribution in [3.63, 3.8) is 0 Å². The van der Waals surface area contributed by atoms with E-state index in [2.05, 4.69) is 51.7 Å². The summed E-state index contributed by atoms with van der Waals surface area (Å²) in [5.41, 5.74) is 1.16. The molecule has 2 atom stereocenters. The van der Waals surface area contributed by atoms with E-state index in [0.717, 1.165) is 50.5 Å². The molecule has 1 aromatic carbocycles. The van der Waals surface area contributed by atoms with Gasteiger partial charge in [0.25, 0.3) is 0 Å². The summed E-state index contributed by atoms with van der Waals surface area (Å²) in [5.74, 6) is 1.39. The third-order valence-electron chi connectivity index (χ3n) is 5.76. The molecule has 1 N–H and O–H groups in total. The molecule has 0 spiro atoms. The van der Waals surface area contributed by atoms with E-state index in [4.69, 9.17) is 4.74 Å². The average Bonchev–Trinajstić information content (AvgIpc) is 3.45. The number of ether oxygens (including phenoxy) is 1. The summed E-state index contributed by atoms with van der Waals surface area (Å²) >= 11 is 1.78. The number of thiophene rings is 1. The number of amides is 1. The highest BCUT2D eigenvalue weighted by Crippen LogP contribution is 2.34. The number of para-hydroxylation sites is 2. The lowest BCUT2D eigenvalue weighted by molar-refractivity contribution is -0.123. The Morgan fingerprint density at radius 1 is 1.14 bits per heavy atom. The van der Waals surface area contributed by atoms with Gasteiger partial charge in [0, 0.05) is 43.0 Å². The molecule has 0 bridgehead atoms. The second-order valence-electron chi connectivity index (χ2n) is 7.73. The number of hydrogen-bond donors (Lipinski definition) is 1. The molecule has 5 nitrogen and oxygen atoms in total. The Morgan fingerprint density at radius 2 is 1.89 bits per heavy atom. The van der Waals surface area contributed by atoms with Gasteiger partial charge in [-0.2, -0.15) is 0 Å². The molecule has 1 aliphatic heterocycles. The maximum absolute atomic E-state index is 12.3. The van der Waals surface area contributed by atoms with E-state index < -0.39 is 0 Å². The minimum atomic E-state index is 0.101. The van der Waals surface area contributed by atoms with E-state index >= 15 is 0 Å². The zero-order chi connectivity index (χ0) is 19.5. The Labute approximate surface area is 171 Å². The third kappa shape index (κ3) is 4.18. The zero-order valence-corrected chi connectivity index (χ0v) is 17.5. The Balaban J connectivity index is 1.45. The fraction of sp³-hybridized carbons (Fsp3) is 0.500. The van der Waals surface area contributed by atoms with Crippen LogP contribution in [-0.4, -0.2) is 50.1 Å². The van der Waals surface area contributed by atoms with Crippen molar-refractivity contribution in [3.8, 4) is 5.75 Å². The number of methoxy groups -OCH3 is 1. The van der Waals surface area contributed by atoms with Gasteiger partial charge in [0.2, 0.25) is 5.91 Å². The predicted molar refractivity (Wildman–Crippen MR) is 114 cm³/mol. The third-order valence-corrected chi connectivity index (χ3v) is 6.70. The normalized spacial score (nSPS) is 19.9. The van der Waals surface area contributed by atoms with Crippen molar-refractivity contribution in [2.45, 2.75) is 31.8 Å². The quantitative estimate of drug-likeness (QED) is 0.774. The Kier molecular flexibility index (Phi) is 5.87. The van der Waals surface area contributed by atoms with Gasteiger partial charge < -0.3 is 15.0 Å². The Bertz CT molecular complexity index is 783. The standard InChI is InChI=1S/C22H29N3O2S/c1-16(23-22(26)17-9-10-17)21(20-8-5-15-28-20)25-13-11-24(12-14-25)18-6-3-4-7-19(18)27-2/h3-8,15-17,21H,9-14H2,1-2H3,(H,23,26)/t16-,21+/m0/s1. The van der Waals surface area contributed by atoms with Gasteiger partial charge in [0.1, 0.15) is 5.75 Å². The van der Waals surface area contributed by atoms with Crippen molar-refractivity contribution in [2.24, 2.45) is 5.92 Å². The molecule has 28 heavy (non-hydrogen) atoms. The van der Waals surface area contributed by atoms with Crippen molar-refractivity contribution in [1.82, 2.24) is 10.2 Å². The van der Waals surface area contributed by atoms with Gasteiger partial charge in [0.05, 0.1) is 18.8 Å². The molecule has 1 aromatic heterocycles. The van der Waals surface area contributed by atoms with Crippen molar-refractivity contribution in [2.75, 3.05) is 38.2 Å². The first-order valence-corrected chi connectivity index (χ1v) is 11.0. The molecule has 1 saturated heterocycles. The van der Waals surface area contributed by atoms with E-state index in [1.807, 2.05) is 12.1 Å². The van der Waals surface area contributed by atoms with Gasteiger partial charge in [-0.1, -0.05) is 18.2 Å². The SMILES string of the molecule is COc1ccccc1N1CCN([C@@H](c2cccs2)[C@H](C)NC(=O)C2CC2)CC1. The highest BCUT2D eigenvalue weighted by Gasteiger charge is 2.35. The lowest BCUT2D eigenvalue weighted by Gasteiger charge is -2.42. The summed E-state index contributed by atoms with van der Waals surface area (Å²) in [7, 11) is 1.73. The second kappa shape index (κ2) is 8.53. The summed E-state index contributed by atoms with van der Waals surface area (Å²) in [6, 6.07) is 12.8. The van der Waals surface area contributed by atoms with Gasteiger partial charge in [-0.05, 0) is 43.3 Å². The van der Waals surface area contributed by atoms with Crippen LogP contribution in [-0.2, 0) is 4.79 Å². The van der Waals surface area contributed by atoms with Crippen LogP contribution in [0.15, 0.2) is 41.8 Å².